The van der Waals surface area contributed by atoms with Gasteiger partial charge in [0.15, 0.2) is 5.82 Å². The summed E-state index contributed by atoms with van der Waals surface area (Å²) in [6.07, 6.45) is 5.29. The molecule has 1 amide bonds. The number of benzene rings is 1. The number of hydrogen-bond acceptors (Lipinski definition) is 5. The minimum absolute atomic E-state index is 0.0972. The van der Waals surface area contributed by atoms with Crippen molar-refractivity contribution in [2.45, 2.75) is 58.0 Å². The number of aromatic nitrogens is 2. The Hall–Kier alpha value is -2.54. The average molecular weight is 427 g/mol. The quantitative estimate of drug-likeness (QED) is 0.700. The summed E-state index contributed by atoms with van der Waals surface area (Å²) in [5, 5.41) is 0. The molecule has 0 N–H and O–H groups in total. The van der Waals surface area contributed by atoms with E-state index in [2.05, 4.69) is 4.90 Å². The van der Waals surface area contributed by atoms with Crippen LogP contribution in [-0.2, 0) is 22.5 Å². The van der Waals surface area contributed by atoms with Gasteiger partial charge in [-0.2, -0.15) is 0 Å². The van der Waals surface area contributed by atoms with E-state index in [-0.39, 0.29) is 17.8 Å². The molecule has 2 aliphatic rings. The number of halogens is 1. The van der Waals surface area contributed by atoms with Gasteiger partial charge in [-0.25, -0.2) is 14.4 Å². The van der Waals surface area contributed by atoms with E-state index in [1.165, 1.54) is 11.6 Å². The molecule has 2 aromatic rings. The molecule has 3 heterocycles. The van der Waals surface area contributed by atoms with Crippen molar-refractivity contribution in [1.82, 2.24) is 14.9 Å². The minimum Gasteiger partial charge on any atom is -0.384 e. The fourth-order valence-corrected chi connectivity index (χ4v) is 4.70. The van der Waals surface area contributed by atoms with Gasteiger partial charge in [-0.15, -0.1) is 0 Å². The van der Waals surface area contributed by atoms with Gasteiger partial charge in [0.05, 0.1) is 19.1 Å². The maximum Gasteiger partial charge on any atom is 0.225 e. The van der Waals surface area contributed by atoms with Crippen LogP contribution >= 0.6 is 0 Å². The van der Waals surface area contributed by atoms with E-state index in [0.29, 0.717) is 19.6 Å². The summed E-state index contributed by atoms with van der Waals surface area (Å²) in [6.45, 7) is 4.69. The largest absolute Gasteiger partial charge is 0.384 e. The molecule has 166 valence electrons. The zero-order valence-electron chi connectivity index (χ0n) is 18.4. The molecule has 6 nitrogen and oxygen atoms in total. The molecular weight excluding hydrogens is 395 g/mol. The Morgan fingerprint density at radius 1 is 1.23 bits per heavy atom. The standard InChI is InChI=1S/C24H31FN4O2/c1-17-20-9-6-12-28(16-18-7-5-8-19(25)15-18)24(20)27-23(26-17)21-10-3-4-13-29(21)22(30)11-14-31-2/h5,7-8,15,21H,3-4,6,9-14,16H2,1-2H3/t21-/m1/s1. The number of aryl methyl sites for hydroxylation is 1. The average Bonchev–Trinajstić information content (AvgIpc) is 2.78. The number of methoxy groups -OCH3 is 1. The predicted octanol–water partition coefficient (Wildman–Crippen LogP) is 3.97. The highest BCUT2D eigenvalue weighted by molar-refractivity contribution is 5.76. The topological polar surface area (TPSA) is 58.6 Å². The highest BCUT2D eigenvalue weighted by Crippen LogP contribution is 2.34. The third kappa shape index (κ3) is 4.87. The molecule has 2 aliphatic heterocycles. The summed E-state index contributed by atoms with van der Waals surface area (Å²) in [4.78, 5) is 26.8. The first-order chi connectivity index (χ1) is 15.1. The molecule has 31 heavy (non-hydrogen) atoms. The van der Waals surface area contributed by atoms with Crippen molar-refractivity contribution in [1.29, 1.82) is 0 Å². The first-order valence-electron chi connectivity index (χ1n) is 11.2. The van der Waals surface area contributed by atoms with E-state index in [1.54, 1.807) is 19.2 Å². The number of rotatable bonds is 6. The smallest absolute Gasteiger partial charge is 0.225 e. The summed E-state index contributed by atoms with van der Waals surface area (Å²) in [7, 11) is 1.62. The fourth-order valence-electron chi connectivity index (χ4n) is 4.70. The molecule has 0 aliphatic carbocycles. The zero-order chi connectivity index (χ0) is 21.8. The molecule has 0 saturated carbocycles. The lowest BCUT2D eigenvalue weighted by Gasteiger charge is -2.37. The molecule has 0 spiro atoms. The van der Waals surface area contributed by atoms with Crippen molar-refractivity contribution >= 4 is 11.7 Å². The number of fused-ring (bicyclic) bond motifs is 1. The van der Waals surface area contributed by atoms with E-state index in [0.717, 1.165) is 68.1 Å². The highest BCUT2D eigenvalue weighted by Gasteiger charge is 2.32. The number of hydrogen-bond donors (Lipinski definition) is 0. The Balaban J connectivity index is 1.64. The lowest BCUT2D eigenvalue weighted by Crippen LogP contribution is -2.40. The van der Waals surface area contributed by atoms with Crippen LogP contribution in [0.1, 0.15) is 60.8 Å². The van der Waals surface area contributed by atoms with Gasteiger partial charge in [0.25, 0.3) is 0 Å². The molecular formula is C24H31FN4O2. The van der Waals surface area contributed by atoms with Crippen molar-refractivity contribution in [3.8, 4) is 0 Å². The zero-order valence-corrected chi connectivity index (χ0v) is 18.4. The van der Waals surface area contributed by atoms with E-state index in [9.17, 15) is 9.18 Å². The van der Waals surface area contributed by atoms with Crippen LogP contribution in [0.5, 0.6) is 0 Å². The second kappa shape index (κ2) is 9.73. The number of anilines is 1. The van der Waals surface area contributed by atoms with E-state index < -0.39 is 0 Å². The molecule has 4 rings (SSSR count). The van der Waals surface area contributed by atoms with Crippen LogP contribution < -0.4 is 4.90 Å². The van der Waals surface area contributed by atoms with Crippen molar-refractivity contribution in [2.75, 3.05) is 31.7 Å². The van der Waals surface area contributed by atoms with Crippen LogP contribution in [0.25, 0.3) is 0 Å². The van der Waals surface area contributed by atoms with Crippen LogP contribution in [-0.4, -0.2) is 47.6 Å². The van der Waals surface area contributed by atoms with Gasteiger partial charge in [0.1, 0.15) is 11.6 Å². The van der Waals surface area contributed by atoms with E-state index >= 15 is 0 Å². The van der Waals surface area contributed by atoms with E-state index in [1.807, 2.05) is 17.9 Å². The molecule has 0 radical (unpaired) electrons. The maximum atomic E-state index is 13.7. The number of likely N-dealkylation sites (tertiary alicyclic amines) is 1. The van der Waals surface area contributed by atoms with Crippen LogP contribution in [0.3, 0.4) is 0 Å². The van der Waals surface area contributed by atoms with Crippen LogP contribution in [0.15, 0.2) is 24.3 Å². The Morgan fingerprint density at radius 3 is 2.90 bits per heavy atom. The Kier molecular flexibility index (Phi) is 6.80. The van der Waals surface area contributed by atoms with Gasteiger partial charge in [0, 0.05) is 38.0 Å². The van der Waals surface area contributed by atoms with Crippen LogP contribution in [0.4, 0.5) is 10.2 Å². The number of carbonyl (C=O) groups is 1. The Bertz CT molecular complexity index is 936. The summed E-state index contributed by atoms with van der Waals surface area (Å²) < 4.78 is 18.8. The Labute approximate surface area is 183 Å². The number of carbonyl (C=O) groups excluding carboxylic acids is 1. The van der Waals surface area contributed by atoms with Crippen LogP contribution in [0, 0.1) is 12.7 Å². The van der Waals surface area contributed by atoms with Crippen molar-refractivity contribution in [3.05, 3.63) is 52.7 Å². The molecule has 1 saturated heterocycles. The van der Waals surface area contributed by atoms with Crippen LogP contribution in [0.2, 0.25) is 0 Å². The molecule has 7 heteroatoms. The summed E-state index contributed by atoms with van der Waals surface area (Å²) in [6, 6.07) is 6.65. The first-order valence-corrected chi connectivity index (χ1v) is 11.2. The normalized spacial score (nSPS) is 18.7. The van der Waals surface area contributed by atoms with Gasteiger partial charge in [-0.05, 0) is 56.7 Å². The fraction of sp³-hybridized carbons (Fsp3) is 0.542. The van der Waals surface area contributed by atoms with Crippen molar-refractivity contribution < 1.29 is 13.9 Å². The summed E-state index contributed by atoms with van der Waals surface area (Å²) in [5.41, 5.74) is 3.08. The Morgan fingerprint density at radius 2 is 2.10 bits per heavy atom. The number of ether oxygens (including phenoxy) is 1. The van der Waals surface area contributed by atoms with Crippen molar-refractivity contribution in [2.24, 2.45) is 0 Å². The molecule has 1 atom stereocenters. The van der Waals surface area contributed by atoms with Gasteiger partial charge >= 0.3 is 0 Å². The maximum absolute atomic E-state index is 13.7. The minimum atomic E-state index is -0.221. The lowest BCUT2D eigenvalue weighted by atomic mass is 9.99. The SMILES string of the molecule is COCCC(=O)N1CCCC[C@@H]1c1nc(C)c2c(n1)N(Cc1cccc(F)c1)CCC2. The summed E-state index contributed by atoms with van der Waals surface area (Å²) >= 11 is 0. The van der Waals surface area contributed by atoms with Gasteiger partial charge in [-0.3, -0.25) is 4.79 Å². The highest BCUT2D eigenvalue weighted by atomic mass is 19.1. The molecule has 0 bridgehead atoms. The number of nitrogens with zero attached hydrogens (tertiary/aromatic N) is 4. The third-order valence-electron chi connectivity index (χ3n) is 6.27. The number of piperidine rings is 1. The first kappa shape index (κ1) is 21.7. The molecule has 0 unspecified atom stereocenters. The second-order valence-electron chi connectivity index (χ2n) is 8.47. The molecule has 1 fully saturated rings. The predicted molar refractivity (Wildman–Crippen MR) is 117 cm³/mol. The molecule has 1 aromatic heterocycles. The lowest BCUT2D eigenvalue weighted by molar-refractivity contribution is -0.136. The summed E-state index contributed by atoms with van der Waals surface area (Å²) in [5.74, 6) is 1.55. The van der Waals surface area contributed by atoms with E-state index in [4.69, 9.17) is 14.7 Å². The second-order valence-corrected chi connectivity index (χ2v) is 8.47. The van der Waals surface area contributed by atoms with Crippen molar-refractivity contribution in [3.63, 3.8) is 0 Å². The van der Waals surface area contributed by atoms with Gasteiger partial charge in [0.2, 0.25) is 5.91 Å². The monoisotopic (exact) mass is 426 g/mol. The molecule has 1 aromatic carbocycles. The number of amides is 1. The van der Waals surface area contributed by atoms with Gasteiger partial charge in [-0.1, -0.05) is 12.1 Å². The van der Waals surface area contributed by atoms with Gasteiger partial charge < -0.3 is 14.5 Å². The third-order valence-corrected chi connectivity index (χ3v) is 6.27.